The number of phenolic OH excluding ortho intramolecular Hbond substituents is 1. The van der Waals surface area contributed by atoms with Crippen LogP contribution in [-0.2, 0) is 6.54 Å². The molecule has 0 unspecified atom stereocenters. The SMILES string of the molecule is Oc1cccc(CN[C@@H]2CC[C@H]2O)c1. The summed E-state index contributed by atoms with van der Waals surface area (Å²) in [5.41, 5.74) is 1.05. The van der Waals surface area contributed by atoms with Crippen molar-refractivity contribution < 1.29 is 10.2 Å². The summed E-state index contributed by atoms with van der Waals surface area (Å²) < 4.78 is 0. The lowest BCUT2D eigenvalue weighted by atomic mass is 9.89. The van der Waals surface area contributed by atoms with Crippen LogP contribution >= 0.6 is 0 Å². The molecule has 1 fully saturated rings. The van der Waals surface area contributed by atoms with E-state index in [2.05, 4.69) is 5.32 Å². The van der Waals surface area contributed by atoms with Crippen molar-refractivity contribution in [3.63, 3.8) is 0 Å². The van der Waals surface area contributed by atoms with Gasteiger partial charge in [-0.3, -0.25) is 0 Å². The predicted octanol–water partition coefficient (Wildman–Crippen LogP) is 1.01. The van der Waals surface area contributed by atoms with Crippen molar-refractivity contribution in [1.82, 2.24) is 5.32 Å². The van der Waals surface area contributed by atoms with E-state index in [1.54, 1.807) is 12.1 Å². The first-order chi connectivity index (χ1) is 6.75. The standard InChI is InChI=1S/C11H15NO2/c13-9-3-1-2-8(6-9)7-12-10-4-5-11(10)14/h1-3,6,10-14H,4-5,7H2/t10-,11-/m1/s1. The van der Waals surface area contributed by atoms with Gasteiger partial charge in [-0.05, 0) is 30.5 Å². The van der Waals surface area contributed by atoms with Crippen molar-refractivity contribution in [2.45, 2.75) is 31.5 Å². The number of aliphatic hydroxyl groups excluding tert-OH is 1. The Hall–Kier alpha value is -1.06. The lowest BCUT2D eigenvalue weighted by Gasteiger charge is -2.33. The van der Waals surface area contributed by atoms with Crippen LogP contribution < -0.4 is 5.32 Å². The molecular formula is C11H15NO2. The largest absolute Gasteiger partial charge is 0.508 e. The van der Waals surface area contributed by atoms with E-state index in [0.29, 0.717) is 12.3 Å². The molecule has 1 aromatic rings. The summed E-state index contributed by atoms with van der Waals surface area (Å²) in [5, 5.41) is 21.8. The number of hydrogen-bond donors (Lipinski definition) is 3. The third-order valence-electron chi connectivity index (χ3n) is 2.72. The van der Waals surface area contributed by atoms with Gasteiger partial charge in [0.2, 0.25) is 0 Å². The van der Waals surface area contributed by atoms with Crippen LogP contribution in [0.1, 0.15) is 18.4 Å². The number of rotatable bonds is 3. The molecule has 2 atom stereocenters. The predicted molar refractivity (Wildman–Crippen MR) is 54.0 cm³/mol. The normalized spacial score (nSPS) is 25.8. The highest BCUT2D eigenvalue weighted by molar-refractivity contribution is 5.27. The topological polar surface area (TPSA) is 52.5 Å². The Labute approximate surface area is 83.4 Å². The minimum absolute atomic E-state index is 0.188. The molecule has 1 saturated carbocycles. The van der Waals surface area contributed by atoms with Crippen LogP contribution in [0.15, 0.2) is 24.3 Å². The number of aliphatic hydroxyl groups is 1. The summed E-state index contributed by atoms with van der Waals surface area (Å²) in [6.45, 7) is 0.704. The lowest BCUT2D eigenvalue weighted by Crippen LogP contribution is -2.47. The fourth-order valence-corrected chi connectivity index (χ4v) is 1.64. The number of benzene rings is 1. The van der Waals surface area contributed by atoms with Crippen molar-refractivity contribution in [2.75, 3.05) is 0 Å². The highest BCUT2D eigenvalue weighted by Gasteiger charge is 2.27. The van der Waals surface area contributed by atoms with Gasteiger partial charge >= 0.3 is 0 Å². The molecule has 1 aliphatic carbocycles. The molecule has 2 rings (SSSR count). The fourth-order valence-electron chi connectivity index (χ4n) is 1.64. The first-order valence-corrected chi connectivity index (χ1v) is 4.95. The van der Waals surface area contributed by atoms with E-state index in [4.69, 9.17) is 0 Å². The van der Waals surface area contributed by atoms with Crippen LogP contribution in [0, 0.1) is 0 Å². The summed E-state index contributed by atoms with van der Waals surface area (Å²) in [7, 11) is 0. The van der Waals surface area contributed by atoms with Crippen molar-refractivity contribution in [3.8, 4) is 5.75 Å². The minimum Gasteiger partial charge on any atom is -0.508 e. The van der Waals surface area contributed by atoms with Gasteiger partial charge in [0.05, 0.1) is 6.10 Å². The molecule has 0 heterocycles. The Morgan fingerprint density at radius 2 is 2.21 bits per heavy atom. The second-order valence-electron chi connectivity index (χ2n) is 3.80. The average molecular weight is 193 g/mol. The Morgan fingerprint density at radius 1 is 1.36 bits per heavy atom. The Kier molecular flexibility index (Phi) is 2.70. The Balaban J connectivity index is 1.85. The lowest BCUT2D eigenvalue weighted by molar-refractivity contribution is 0.0493. The molecule has 3 heteroatoms. The van der Waals surface area contributed by atoms with Gasteiger partial charge in [0.15, 0.2) is 0 Å². The maximum atomic E-state index is 9.33. The van der Waals surface area contributed by atoms with E-state index in [1.165, 1.54) is 0 Å². The molecule has 0 amide bonds. The monoisotopic (exact) mass is 193 g/mol. The van der Waals surface area contributed by atoms with E-state index >= 15 is 0 Å². The third-order valence-corrected chi connectivity index (χ3v) is 2.72. The fraction of sp³-hybridized carbons (Fsp3) is 0.455. The van der Waals surface area contributed by atoms with Gasteiger partial charge in [-0.25, -0.2) is 0 Å². The second kappa shape index (κ2) is 3.98. The van der Waals surface area contributed by atoms with Gasteiger partial charge in [0, 0.05) is 12.6 Å². The molecule has 0 saturated heterocycles. The number of aromatic hydroxyl groups is 1. The zero-order chi connectivity index (χ0) is 9.97. The molecule has 3 nitrogen and oxygen atoms in total. The highest BCUT2D eigenvalue weighted by atomic mass is 16.3. The number of phenols is 1. The van der Waals surface area contributed by atoms with E-state index in [0.717, 1.165) is 18.4 Å². The maximum absolute atomic E-state index is 9.33. The smallest absolute Gasteiger partial charge is 0.115 e. The van der Waals surface area contributed by atoms with Crippen LogP contribution in [-0.4, -0.2) is 22.4 Å². The van der Waals surface area contributed by atoms with E-state index < -0.39 is 0 Å². The molecule has 1 aromatic carbocycles. The summed E-state index contributed by atoms with van der Waals surface area (Å²) in [6, 6.07) is 7.40. The molecule has 0 aliphatic heterocycles. The summed E-state index contributed by atoms with van der Waals surface area (Å²) in [6.07, 6.45) is 1.75. The summed E-state index contributed by atoms with van der Waals surface area (Å²) >= 11 is 0. The van der Waals surface area contributed by atoms with Gasteiger partial charge in [-0.15, -0.1) is 0 Å². The van der Waals surface area contributed by atoms with Gasteiger partial charge < -0.3 is 15.5 Å². The first kappa shape index (κ1) is 9.49. The average Bonchev–Trinajstić information content (AvgIpc) is 2.16. The van der Waals surface area contributed by atoms with Gasteiger partial charge in [-0.1, -0.05) is 12.1 Å². The summed E-state index contributed by atoms with van der Waals surface area (Å²) in [5.74, 6) is 0.290. The van der Waals surface area contributed by atoms with E-state index in [9.17, 15) is 10.2 Å². The van der Waals surface area contributed by atoms with Crippen LogP contribution in [0.5, 0.6) is 5.75 Å². The molecular weight excluding hydrogens is 178 g/mol. The second-order valence-corrected chi connectivity index (χ2v) is 3.80. The van der Waals surface area contributed by atoms with Crippen molar-refractivity contribution in [2.24, 2.45) is 0 Å². The quantitative estimate of drug-likeness (QED) is 0.671. The zero-order valence-electron chi connectivity index (χ0n) is 7.98. The zero-order valence-corrected chi connectivity index (χ0v) is 7.98. The van der Waals surface area contributed by atoms with Gasteiger partial charge in [0.25, 0.3) is 0 Å². The molecule has 3 N–H and O–H groups in total. The molecule has 76 valence electrons. The molecule has 0 aromatic heterocycles. The van der Waals surface area contributed by atoms with Crippen LogP contribution in [0.4, 0.5) is 0 Å². The number of nitrogens with one attached hydrogen (secondary N) is 1. The van der Waals surface area contributed by atoms with Crippen molar-refractivity contribution >= 4 is 0 Å². The Morgan fingerprint density at radius 3 is 2.79 bits per heavy atom. The van der Waals surface area contributed by atoms with E-state index in [1.807, 2.05) is 12.1 Å². The molecule has 14 heavy (non-hydrogen) atoms. The molecule has 1 aliphatic rings. The number of hydrogen-bond acceptors (Lipinski definition) is 3. The van der Waals surface area contributed by atoms with Crippen LogP contribution in [0.3, 0.4) is 0 Å². The molecule has 0 bridgehead atoms. The van der Waals surface area contributed by atoms with Crippen molar-refractivity contribution in [1.29, 1.82) is 0 Å². The van der Waals surface area contributed by atoms with E-state index in [-0.39, 0.29) is 12.1 Å². The highest BCUT2D eigenvalue weighted by Crippen LogP contribution is 2.20. The molecule has 0 radical (unpaired) electrons. The van der Waals surface area contributed by atoms with Crippen LogP contribution in [0.25, 0.3) is 0 Å². The van der Waals surface area contributed by atoms with Crippen molar-refractivity contribution in [3.05, 3.63) is 29.8 Å². The third kappa shape index (κ3) is 2.05. The van der Waals surface area contributed by atoms with Crippen LogP contribution in [0.2, 0.25) is 0 Å². The van der Waals surface area contributed by atoms with Gasteiger partial charge in [-0.2, -0.15) is 0 Å². The molecule has 0 spiro atoms. The minimum atomic E-state index is -0.188. The summed E-state index contributed by atoms with van der Waals surface area (Å²) in [4.78, 5) is 0. The Bertz CT molecular complexity index is 314. The maximum Gasteiger partial charge on any atom is 0.115 e. The van der Waals surface area contributed by atoms with Gasteiger partial charge in [0.1, 0.15) is 5.75 Å². The first-order valence-electron chi connectivity index (χ1n) is 4.95.